The van der Waals surface area contributed by atoms with E-state index in [0.717, 1.165) is 43.3 Å². The van der Waals surface area contributed by atoms with Gasteiger partial charge in [0.25, 0.3) is 0 Å². The third-order valence-corrected chi connectivity index (χ3v) is 3.89. The van der Waals surface area contributed by atoms with Crippen molar-refractivity contribution in [3.8, 4) is 0 Å². The fraction of sp³-hybridized carbons (Fsp3) is 0.667. The maximum absolute atomic E-state index is 4.39. The summed E-state index contributed by atoms with van der Waals surface area (Å²) in [5.41, 5.74) is 0.797. The number of aryl methyl sites for hydroxylation is 1. The number of aromatic nitrogens is 4. The normalized spacial score (nSPS) is 13.0. The zero-order chi connectivity index (χ0) is 15.2. The Morgan fingerprint density at radius 1 is 1.29 bits per heavy atom. The molecule has 1 N–H and O–H groups in total. The molecular weight excluding hydrogens is 264 g/mol. The highest BCUT2D eigenvalue weighted by atomic mass is 15.3. The van der Waals surface area contributed by atoms with Crippen molar-refractivity contribution in [1.82, 2.24) is 24.5 Å². The van der Waals surface area contributed by atoms with Crippen LogP contribution < -0.4 is 5.32 Å². The van der Waals surface area contributed by atoms with Crippen molar-refractivity contribution in [3.05, 3.63) is 18.2 Å². The molecule has 116 valence electrons. The quantitative estimate of drug-likeness (QED) is 0.809. The third kappa shape index (κ3) is 3.91. The summed E-state index contributed by atoms with van der Waals surface area (Å²) in [7, 11) is 0. The number of anilines is 1. The van der Waals surface area contributed by atoms with Gasteiger partial charge < -0.3 is 10.2 Å². The molecule has 0 amide bonds. The Labute approximate surface area is 126 Å². The van der Waals surface area contributed by atoms with Crippen LogP contribution in [-0.4, -0.2) is 50.2 Å². The summed E-state index contributed by atoms with van der Waals surface area (Å²) in [4.78, 5) is 6.84. The maximum Gasteiger partial charge on any atom is 0.203 e. The van der Waals surface area contributed by atoms with E-state index in [1.165, 1.54) is 6.42 Å². The van der Waals surface area contributed by atoms with Gasteiger partial charge >= 0.3 is 0 Å². The summed E-state index contributed by atoms with van der Waals surface area (Å²) in [5, 5.41) is 11.7. The van der Waals surface area contributed by atoms with E-state index in [-0.39, 0.29) is 0 Å². The highest BCUT2D eigenvalue weighted by molar-refractivity contribution is 5.62. The minimum Gasteiger partial charge on any atom is -0.364 e. The minimum atomic E-state index is 0.372. The van der Waals surface area contributed by atoms with Gasteiger partial charge in [0.2, 0.25) is 5.65 Å². The molecule has 6 heteroatoms. The van der Waals surface area contributed by atoms with E-state index in [9.17, 15) is 0 Å². The molecule has 1 unspecified atom stereocenters. The van der Waals surface area contributed by atoms with Gasteiger partial charge in [-0.15, -0.1) is 10.2 Å². The molecule has 0 spiro atoms. The minimum absolute atomic E-state index is 0.372. The molecule has 0 radical (unpaired) electrons. The molecule has 0 aliphatic carbocycles. The average molecular weight is 290 g/mol. The number of hydrogen-bond donors (Lipinski definition) is 1. The number of rotatable bonds is 8. The maximum atomic E-state index is 4.39. The first-order valence-electron chi connectivity index (χ1n) is 7.80. The number of fused-ring (bicyclic) bond motifs is 1. The van der Waals surface area contributed by atoms with Gasteiger partial charge in [0, 0.05) is 18.4 Å². The van der Waals surface area contributed by atoms with Gasteiger partial charge in [0.15, 0.2) is 5.82 Å². The van der Waals surface area contributed by atoms with Crippen LogP contribution >= 0.6 is 0 Å². The molecule has 0 saturated carbocycles. The smallest absolute Gasteiger partial charge is 0.203 e. The zero-order valence-corrected chi connectivity index (χ0v) is 13.5. The fourth-order valence-electron chi connectivity index (χ4n) is 2.51. The average Bonchev–Trinajstić information content (AvgIpc) is 2.86. The highest BCUT2D eigenvalue weighted by Gasteiger charge is 2.10. The lowest BCUT2D eigenvalue weighted by atomic mass is 10.1. The SMILES string of the molecule is CCN(CC)CCCC(C)Nc1nccn2c(C)nnc12. The second-order valence-electron chi connectivity index (χ2n) is 5.43. The Hall–Kier alpha value is -1.69. The van der Waals surface area contributed by atoms with Crippen molar-refractivity contribution in [2.45, 2.75) is 46.6 Å². The fourth-order valence-corrected chi connectivity index (χ4v) is 2.51. The Morgan fingerprint density at radius 3 is 2.76 bits per heavy atom. The molecular formula is C15H26N6. The van der Waals surface area contributed by atoms with E-state index in [0.29, 0.717) is 6.04 Å². The van der Waals surface area contributed by atoms with Crippen molar-refractivity contribution in [3.63, 3.8) is 0 Å². The second-order valence-corrected chi connectivity index (χ2v) is 5.43. The molecule has 6 nitrogen and oxygen atoms in total. The van der Waals surface area contributed by atoms with Gasteiger partial charge in [0.05, 0.1) is 0 Å². The van der Waals surface area contributed by atoms with E-state index < -0.39 is 0 Å². The van der Waals surface area contributed by atoms with Crippen LogP contribution in [-0.2, 0) is 0 Å². The molecule has 0 fully saturated rings. The van der Waals surface area contributed by atoms with E-state index in [4.69, 9.17) is 0 Å². The van der Waals surface area contributed by atoms with Gasteiger partial charge in [-0.2, -0.15) is 0 Å². The Balaban J connectivity index is 1.91. The van der Waals surface area contributed by atoms with Crippen LogP contribution in [0, 0.1) is 6.92 Å². The molecule has 0 bridgehead atoms. The van der Waals surface area contributed by atoms with Crippen LogP contribution in [0.4, 0.5) is 5.82 Å². The Morgan fingerprint density at radius 2 is 2.05 bits per heavy atom. The van der Waals surface area contributed by atoms with Gasteiger partial charge in [-0.05, 0) is 46.3 Å². The molecule has 21 heavy (non-hydrogen) atoms. The van der Waals surface area contributed by atoms with Crippen molar-refractivity contribution in [2.24, 2.45) is 0 Å². The van der Waals surface area contributed by atoms with E-state index >= 15 is 0 Å². The summed E-state index contributed by atoms with van der Waals surface area (Å²) in [6, 6.07) is 0.372. The standard InChI is InChI=1S/C15H26N6/c1-5-20(6-2)10-7-8-12(3)17-14-15-19-18-13(4)21(15)11-9-16-14/h9,11-12H,5-8,10H2,1-4H3,(H,16,17). The largest absolute Gasteiger partial charge is 0.364 e. The zero-order valence-electron chi connectivity index (χ0n) is 13.5. The molecule has 2 heterocycles. The van der Waals surface area contributed by atoms with Gasteiger partial charge in [0.1, 0.15) is 5.82 Å². The van der Waals surface area contributed by atoms with Crippen molar-refractivity contribution in [1.29, 1.82) is 0 Å². The van der Waals surface area contributed by atoms with Crippen molar-refractivity contribution >= 4 is 11.5 Å². The van der Waals surface area contributed by atoms with Crippen molar-refractivity contribution < 1.29 is 0 Å². The predicted octanol–water partition coefficient (Wildman–Crippen LogP) is 2.36. The lowest BCUT2D eigenvalue weighted by Gasteiger charge is -2.20. The number of nitrogens with zero attached hydrogens (tertiary/aromatic N) is 5. The topological polar surface area (TPSA) is 58.4 Å². The van der Waals surface area contributed by atoms with Crippen LogP contribution in [0.2, 0.25) is 0 Å². The molecule has 0 aromatic carbocycles. The van der Waals surface area contributed by atoms with E-state index in [1.807, 2.05) is 17.5 Å². The molecule has 2 aromatic heterocycles. The second kappa shape index (κ2) is 7.36. The molecule has 1 atom stereocenters. The lowest BCUT2D eigenvalue weighted by molar-refractivity contribution is 0.295. The van der Waals surface area contributed by atoms with Crippen molar-refractivity contribution in [2.75, 3.05) is 25.0 Å². The Bertz CT molecular complexity index is 560. The molecule has 0 aliphatic heterocycles. The first kappa shape index (κ1) is 15.7. The summed E-state index contributed by atoms with van der Waals surface area (Å²) in [6.07, 6.45) is 5.98. The summed E-state index contributed by atoms with van der Waals surface area (Å²) >= 11 is 0. The summed E-state index contributed by atoms with van der Waals surface area (Å²) in [6.45, 7) is 12.0. The van der Waals surface area contributed by atoms with Crippen LogP contribution in [0.15, 0.2) is 12.4 Å². The monoisotopic (exact) mass is 290 g/mol. The van der Waals surface area contributed by atoms with E-state index in [2.05, 4.69) is 46.2 Å². The van der Waals surface area contributed by atoms with Gasteiger partial charge in [-0.3, -0.25) is 4.40 Å². The molecule has 2 rings (SSSR count). The molecule has 2 aromatic rings. The number of hydrogen-bond acceptors (Lipinski definition) is 5. The molecule has 0 aliphatic rings. The summed E-state index contributed by atoms with van der Waals surface area (Å²) < 4.78 is 1.96. The predicted molar refractivity (Wildman–Crippen MR) is 85.6 cm³/mol. The van der Waals surface area contributed by atoms with Crippen LogP contribution in [0.25, 0.3) is 5.65 Å². The lowest BCUT2D eigenvalue weighted by Crippen LogP contribution is -2.25. The van der Waals surface area contributed by atoms with Crippen LogP contribution in [0.3, 0.4) is 0 Å². The van der Waals surface area contributed by atoms with E-state index in [1.54, 1.807) is 6.20 Å². The summed E-state index contributed by atoms with van der Waals surface area (Å²) in [5.74, 6) is 1.69. The number of nitrogens with one attached hydrogen (secondary N) is 1. The third-order valence-electron chi connectivity index (χ3n) is 3.89. The molecule has 0 saturated heterocycles. The van der Waals surface area contributed by atoms with Gasteiger partial charge in [-0.1, -0.05) is 13.8 Å². The van der Waals surface area contributed by atoms with Crippen LogP contribution in [0.1, 0.15) is 39.4 Å². The van der Waals surface area contributed by atoms with Crippen LogP contribution in [0.5, 0.6) is 0 Å². The first-order chi connectivity index (χ1) is 10.2. The first-order valence-corrected chi connectivity index (χ1v) is 7.80. The highest BCUT2D eigenvalue weighted by Crippen LogP contribution is 2.14. The van der Waals surface area contributed by atoms with Gasteiger partial charge in [-0.25, -0.2) is 4.98 Å². The Kier molecular flexibility index (Phi) is 5.50.